The highest BCUT2D eigenvalue weighted by atomic mass is 14.9. The number of nitrogens with two attached hydrogens (primary N) is 1. The van der Waals surface area contributed by atoms with Crippen LogP contribution in [0.2, 0.25) is 0 Å². The zero-order valence-corrected chi connectivity index (χ0v) is 11.1. The van der Waals surface area contributed by atoms with Crippen molar-refractivity contribution in [3.05, 3.63) is 60.6 Å². The zero-order valence-electron chi connectivity index (χ0n) is 11.1. The van der Waals surface area contributed by atoms with Gasteiger partial charge in [0.15, 0.2) is 0 Å². The number of aromatic nitrogens is 2. The van der Waals surface area contributed by atoms with Crippen molar-refractivity contribution >= 4 is 22.3 Å². The summed E-state index contributed by atoms with van der Waals surface area (Å²) in [5.74, 6) is 0. The summed E-state index contributed by atoms with van der Waals surface area (Å²) in [5, 5.41) is 4.51. The molecule has 0 unspecified atom stereocenters. The molecule has 0 atom stereocenters. The summed E-state index contributed by atoms with van der Waals surface area (Å²) in [4.78, 5) is 8.44. The van der Waals surface area contributed by atoms with Gasteiger partial charge in [0.25, 0.3) is 0 Å². The Hall–Kier alpha value is -2.62. The van der Waals surface area contributed by atoms with Crippen LogP contribution >= 0.6 is 0 Å². The number of benzene rings is 1. The standard InChI is InChI=1S/C16H16N4/c17-14-11-18-9-7-15(14)19-10-6-13-4-1-3-12-5-2-8-20-16(12)13/h1-5,7-9,11H,6,10,17H2,(H,18,19). The molecule has 20 heavy (non-hydrogen) atoms. The highest BCUT2D eigenvalue weighted by molar-refractivity contribution is 5.81. The Balaban J connectivity index is 1.73. The highest BCUT2D eigenvalue weighted by Crippen LogP contribution is 2.18. The van der Waals surface area contributed by atoms with Gasteiger partial charge in [-0.05, 0) is 24.1 Å². The maximum atomic E-state index is 5.85. The summed E-state index contributed by atoms with van der Waals surface area (Å²) >= 11 is 0. The van der Waals surface area contributed by atoms with Crippen molar-refractivity contribution in [1.82, 2.24) is 9.97 Å². The van der Waals surface area contributed by atoms with Gasteiger partial charge in [-0.2, -0.15) is 0 Å². The molecule has 4 nitrogen and oxygen atoms in total. The van der Waals surface area contributed by atoms with Crippen LogP contribution in [0.25, 0.3) is 10.9 Å². The molecule has 0 saturated heterocycles. The third-order valence-corrected chi connectivity index (χ3v) is 3.28. The minimum Gasteiger partial charge on any atom is -0.396 e. The van der Waals surface area contributed by atoms with Gasteiger partial charge < -0.3 is 11.1 Å². The maximum absolute atomic E-state index is 5.85. The lowest BCUT2D eigenvalue weighted by atomic mass is 10.1. The quantitative estimate of drug-likeness (QED) is 0.760. The van der Waals surface area contributed by atoms with E-state index in [4.69, 9.17) is 5.73 Å². The fourth-order valence-corrected chi connectivity index (χ4v) is 2.27. The number of rotatable bonds is 4. The van der Waals surface area contributed by atoms with E-state index in [0.29, 0.717) is 5.69 Å². The number of para-hydroxylation sites is 1. The zero-order chi connectivity index (χ0) is 13.8. The van der Waals surface area contributed by atoms with Crippen LogP contribution in [0.5, 0.6) is 0 Å². The molecule has 0 fully saturated rings. The molecule has 2 heterocycles. The van der Waals surface area contributed by atoms with Crippen LogP contribution < -0.4 is 11.1 Å². The molecule has 3 aromatic rings. The number of nitrogens with one attached hydrogen (secondary N) is 1. The van der Waals surface area contributed by atoms with Gasteiger partial charge in [0, 0.05) is 24.3 Å². The van der Waals surface area contributed by atoms with E-state index in [2.05, 4.69) is 39.6 Å². The van der Waals surface area contributed by atoms with E-state index in [1.54, 1.807) is 12.4 Å². The summed E-state index contributed by atoms with van der Waals surface area (Å²) < 4.78 is 0. The van der Waals surface area contributed by atoms with Crippen LogP contribution in [0, 0.1) is 0 Å². The molecule has 3 N–H and O–H groups in total. The SMILES string of the molecule is Nc1cnccc1NCCc1cccc2cccnc12. The average Bonchev–Trinajstić information content (AvgIpc) is 2.49. The van der Waals surface area contributed by atoms with E-state index in [1.807, 2.05) is 18.3 Å². The Labute approximate surface area is 117 Å². The molecule has 3 rings (SSSR count). The second-order valence-corrected chi connectivity index (χ2v) is 4.63. The van der Waals surface area contributed by atoms with Crippen LogP contribution in [0.4, 0.5) is 11.4 Å². The number of fused-ring (bicyclic) bond motifs is 1. The summed E-state index contributed by atoms with van der Waals surface area (Å²) in [6.07, 6.45) is 6.12. The van der Waals surface area contributed by atoms with Crippen molar-refractivity contribution in [1.29, 1.82) is 0 Å². The predicted octanol–water partition coefficient (Wildman–Crippen LogP) is 2.87. The lowest BCUT2D eigenvalue weighted by Crippen LogP contribution is -2.07. The number of hydrogen-bond acceptors (Lipinski definition) is 4. The first kappa shape index (κ1) is 12.4. The van der Waals surface area contributed by atoms with E-state index >= 15 is 0 Å². The topological polar surface area (TPSA) is 63.8 Å². The molecule has 0 saturated carbocycles. The monoisotopic (exact) mass is 264 g/mol. The van der Waals surface area contributed by atoms with Gasteiger partial charge in [-0.15, -0.1) is 0 Å². The molecule has 0 aliphatic rings. The van der Waals surface area contributed by atoms with Crippen molar-refractivity contribution in [2.45, 2.75) is 6.42 Å². The number of nitrogens with zero attached hydrogens (tertiary/aromatic N) is 2. The number of nitrogen functional groups attached to an aromatic ring is 1. The lowest BCUT2D eigenvalue weighted by Gasteiger charge is -2.09. The van der Waals surface area contributed by atoms with Crippen molar-refractivity contribution in [3.63, 3.8) is 0 Å². The van der Waals surface area contributed by atoms with Crippen molar-refractivity contribution < 1.29 is 0 Å². The van der Waals surface area contributed by atoms with E-state index in [1.165, 1.54) is 10.9 Å². The molecule has 0 aliphatic heterocycles. The number of hydrogen-bond donors (Lipinski definition) is 2. The molecule has 1 aromatic carbocycles. The lowest BCUT2D eigenvalue weighted by molar-refractivity contribution is 1.02. The molecule has 0 aliphatic carbocycles. The van der Waals surface area contributed by atoms with Gasteiger partial charge in [-0.25, -0.2) is 0 Å². The van der Waals surface area contributed by atoms with Crippen molar-refractivity contribution in [2.75, 3.05) is 17.6 Å². The summed E-state index contributed by atoms with van der Waals surface area (Å²) in [6.45, 7) is 0.809. The van der Waals surface area contributed by atoms with Gasteiger partial charge in [-0.3, -0.25) is 9.97 Å². The minimum atomic E-state index is 0.670. The van der Waals surface area contributed by atoms with Crippen molar-refractivity contribution in [3.8, 4) is 0 Å². The fraction of sp³-hybridized carbons (Fsp3) is 0.125. The Bertz CT molecular complexity index is 719. The second kappa shape index (κ2) is 5.57. The third kappa shape index (κ3) is 2.54. The summed E-state index contributed by atoms with van der Waals surface area (Å²) in [7, 11) is 0. The summed E-state index contributed by atoms with van der Waals surface area (Å²) in [5.41, 5.74) is 9.76. The Morgan fingerprint density at radius 3 is 2.85 bits per heavy atom. The van der Waals surface area contributed by atoms with Crippen LogP contribution in [-0.2, 0) is 6.42 Å². The van der Waals surface area contributed by atoms with Gasteiger partial charge in [-0.1, -0.05) is 24.3 Å². The number of anilines is 2. The van der Waals surface area contributed by atoms with E-state index < -0.39 is 0 Å². The average molecular weight is 264 g/mol. The molecule has 2 aromatic heterocycles. The van der Waals surface area contributed by atoms with Gasteiger partial charge in [0.05, 0.1) is 23.1 Å². The molecule has 0 bridgehead atoms. The van der Waals surface area contributed by atoms with Crippen LogP contribution in [0.3, 0.4) is 0 Å². The molecular formula is C16H16N4. The minimum absolute atomic E-state index is 0.670. The van der Waals surface area contributed by atoms with Crippen LogP contribution in [-0.4, -0.2) is 16.5 Å². The highest BCUT2D eigenvalue weighted by Gasteiger charge is 2.02. The predicted molar refractivity (Wildman–Crippen MR) is 82.6 cm³/mol. The third-order valence-electron chi connectivity index (χ3n) is 3.28. The first-order valence-corrected chi connectivity index (χ1v) is 6.60. The van der Waals surface area contributed by atoms with Crippen LogP contribution in [0.15, 0.2) is 55.0 Å². The Kier molecular flexibility index (Phi) is 3.46. The molecule has 4 heteroatoms. The van der Waals surface area contributed by atoms with E-state index in [-0.39, 0.29) is 0 Å². The molecular weight excluding hydrogens is 248 g/mol. The first-order valence-electron chi connectivity index (χ1n) is 6.60. The largest absolute Gasteiger partial charge is 0.396 e. The van der Waals surface area contributed by atoms with E-state index in [9.17, 15) is 0 Å². The smallest absolute Gasteiger partial charge is 0.0736 e. The molecule has 0 radical (unpaired) electrons. The fourth-order valence-electron chi connectivity index (χ4n) is 2.27. The Morgan fingerprint density at radius 1 is 1.05 bits per heavy atom. The van der Waals surface area contributed by atoms with E-state index in [0.717, 1.165) is 24.2 Å². The maximum Gasteiger partial charge on any atom is 0.0736 e. The van der Waals surface area contributed by atoms with Crippen LogP contribution in [0.1, 0.15) is 5.56 Å². The van der Waals surface area contributed by atoms with Gasteiger partial charge >= 0.3 is 0 Å². The second-order valence-electron chi connectivity index (χ2n) is 4.63. The summed E-state index contributed by atoms with van der Waals surface area (Å²) in [6, 6.07) is 12.2. The Morgan fingerprint density at radius 2 is 1.95 bits per heavy atom. The molecule has 0 spiro atoms. The molecule has 0 amide bonds. The molecule has 100 valence electrons. The first-order chi connectivity index (χ1) is 9.84. The normalized spacial score (nSPS) is 10.6. The van der Waals surface area contributed by atoms with Crippen molar-refractivity contribution in [2.24, 2.45) is 0 Å². The van der Waals surface area contributed by atoms with Gasteiger partial charge in [0.2, 0.25) is 0 Å². The van der Waals surface area contributed by atoms with Gasteiger partial charge in [0.1, 0.15) is 0 Å². The number of pyridine rings is 2.